The molecule has 1 aliphatic heterocycles. The van der Waals surface area contributed by atoms with Crippen molar-refractivity contribution in [3.63, 3.8) is 0 Å². The van der Waals surface area contributed by atoms with E-state index < -0.39 is 16.1 Å². The van der Waals surface area contributed by atoms with Crippen molar-refractivity contribution in [3.05, 3.63) is 66.1 Å². The first-order chi connectivity index (χ1) is 14.0. The van der Waals surface area contributed by atoms with Gasteiger partial charge in [-0.15, -0.1) is 11.3 Å². The number of nitrogens with zero attached hydrogens (tertiary/aromatic N) is 3. The van der Waals surface area contributed by atoms with E-state index in [0.29, 0.717) is 19.4 Å². The van der Waals surface area contributed by atoms with Crippen LogP contribution in [0.15, 0.2) is 64.7 Å². The molecule has 2 unspecified atom stereocenters. The second kappa shape index (κ2) is 8.10. The summed E-state index contributed by atoms with van der Waals surface area (Å²) >= 11 is 1.17. The summed E-state index contributed by atoms with van der Waals surface area (Å²) in [5.74, 6) is -0.256. The van der Waals surface area contributed by atoms with E-state index in [2.05, 4.69) is 10.3 Å². The van der Waals surface area contributed by atoms with Crippen molar-refractivity contribution >= 4 is 27.3 Å². The van der Waals surface area contributed by atoms with Crippen molar-refractivity contribution in [2.45, 2.75) is 36.1 Å². The van der Waals surface area contributed by atoms with Crippen LogP contribution in [0.3, 0.4) is 0 Å². The summed E-state index contributed by atoms with van der Waals surface area (Å²) in [6.45, 7) is 2.27. The summed E-state index contributed by atoms with van der Waals surface area (Å²) in [5, 5.41) is 4.71. The van der Waals surface area contributed by atoms with Crippen molar-refractivity contribution in [3.8, 4) is 5.69 Å². The van der Waals surface area contributed by atoms with Crippen molar-refractivity contribution < 1.29 is 13.2 Å². The average Bonchev–Trinajstić information content (AvgIpc) is 3.50. The van der Waals surface area contributed by atoms with Gasteiger partial charge in [0.2, 0.25) is 5.91 Å². The van der Waals surface area contributed by atoms with Crippen LogP contribution in [-0.4, -0.2) is 40.8 Å². The Kier molecular flexibility index (Phi) is 5.53. The minimum Gasteiger partial charge on any atom is -0.348 e. The lowest BCUT2D eigenvalue weighted by molar-refractivity contribution is -0.124. The Balaban J connectivity index is 1.45. The molecule has 3 heterocycles. The maximum Gasteiger partial charge on any atom is 0.253 e. The van der Waals surface area contributed by atoms with Crippen molar-refractivity contribution in [2.24, 2.45) is 0 Å². The predicted molar refractivity (Wildman–Crippen MR) is 111 cm³/mol. The first kappa shape index (κ1) is 19.8. The smallest absolute Gasteiger partial charge is 0.253 e. The van der Waals surface area contributed by atoms with Gasteiger partial charge >= 0.3 is 0 Å². The molecule has 0 bridgehead atoms. The Morgan fingerprint density at radius 2 is 2.07 bits per heavy atom. The first-order valence-corrected chi connectivity index (χ1v) is 11.7. The fraction of sp³-hybridized carbons (Fsp3) is 0.300. The molecule has 3 aromatic rings. The topological polar surface area (TPSA) is 84.3 Å². The fourth-order valence-corrected chi connectivity index (χ4v) is 6.33. The number of hydrogen-bond donors (Lipinski definition) is 1. The zero-order valence-corrected chi connectivity index (χ0v) is 17.6. The normalized spacial score (nSPS) is 18.6. The van der Waals surface area contributed by atoms with Gasteiger partial charge in [0.25, 0.3) is 10.0 Å². The van der Waals surface area contributed by atoms with E-state index in [0.717, 1.165) is 11.3 Å². The number of thiophene rings is 1. The monoisotopic (exact) mass is 430 g/mol. The molecule has 9 heteroatoms. The van der Waals surface area contributed by atoms with Gasteiger partial charge in [-0.2, -0.15) is 4.31 Å². The van der Waals surface area contributed by atoms with Crippen molar-refractivity contribution in [2.75, 3.05) is 6.54 Å². The Labute approximate surface area is 174 Å². The van der Waals surface area contributed by atoms with Crippen LogP contribution in [0.4, 0.5) is 0 Å². The van der Waals surface area contributed by atoms with Gasteiger partial charge in [-0.1, -0.05) is 18.2 Å². The van der Waals surface area contributed by atoms with Gasteiger partial charge in [0.05, 0.1) is 12.4 Å². The highest BCUT2D eigenvalue weighted by Crippen LogP contribution is 2.29. The van der Waals surface area contributed by atoms with E-state index in [1.54, 1.807) is 30.0 Å². The molecule has 152 valence electrons. The largest absolute Gasteiger partial charge is 0.348 e. The Bertz CT molecular complexity index is 1060. The van der Waals surface area contributed by atoms with Gasteiger partial charge in [0.15, 0.2) is 0 Å². The number of sulfonamides is 1. The third-order valence-electron chi connectivity index (χ3n) is 5.12. The summed E-state index contributed by atoms with van der Waals surface area (Å²) in [6.07, 6.45) is 6.51. The molecule has 1 N–H and O–H groups in total. The maximum absolute atomic E-state index is 12.9. The molecule has 1 saturated heterocycles. The quantitative estimate of drug-likeness (QED) is 0.652. The third kappa shape index (κ3) is 3.98. The number of benzene rings is 1. The lowest BCUT2D eigenvalue weighted by Gasteiger charge is -2.24. The number of amides is 1. The molecule has 2 atom stereocenters. The highest BCUT2D eigenvalue weighted by molar-refractivity contribution is 7.91. The van der Waals surface area contributed by atoms with Crippen LogP contribution in [0.2, 0.25) is 0 Å². The summed E-state index contributed by atoms with van der Waals surface area (Å²) in [4.78, 5) is 16.9. The van der Waals surface area contributed by atoms with Crippen molar-refractivity contribution in [1.82, 2.24) is 19.2 Å². The molecule has 0 radical (unpaired) electrons. The molecule has 1 aromatic carbocycles. The second-order valence-electron chi connectivity index (χ2n) is 7.00. The van der Waals surface area contributed by atoms with E-state index >= 15 is 0 Å². The minimum absolute atomic E-state index is 0.230. The number of carbonyl (C=O) groups excluding carboxylic acids is 1. The van der Waals surface area contributed by atoms with Gasteiger partial charge in [0.1, 0.15) is 10.3 Å². The van der Waals surface area contributed by atoms with E-state index in [1.165, 1.54) is 15.6 Å². The zero-order chi connectivity index (χ0) is 20.4. The van der Waals surface area contributed by atoms with Gasteiger partial charge in [0, 0.05) is 24.6 Å². The molecule has 2 aromatic heterocycles. The van der Waals surface area contributed by atoms with Gasteiger partial charge < -0.3 is 9.88 Å². The number of nitrogens with one attached hydrogen (secondary N) is 1. The van der Waals surface area contributed by atoms with Crippen molar-refractivity contribution in [1.29, 1.82) is 0 Å². The summed E-state index contributed by atoms with van der Waals surface area (Å²) in [6, 6.07) is 10.2. The van der Waals surface area contributed by atoms with Crippen LogP contribution in [0.25, 0.3) is 5.69 Å². The Morgan fingerprint density at radius 3 is 2.72 bits per heavy atom. The zero-order valence-electron chi connectivity index (χ0n) is 15.9. The molecule has 0 spiro atoms. The number of hydrogen-bond acceptors (Lipinski definition) is 5. The van der Waals surface area contributed by atoms with Crippen LogP contribution in [0.1, 0.15) is 31.4 Å². The predicted octanol–water partition coefficient (Wildman–Crippen LogP) is 2.96. The summed E-state index contributed by atoms with van der Waals surface area (Å²) in [5.41, 5.74) is 1.93. The van der Waals surface area contributed by atoms with Gasteiger partial charge in [-0.05, 0) is 48.9 Å². The Morgan fingerprint density at radius 1 is 1.28 bits per heavy atom. The number of carbonyl (C=O) groups is 1. The molecular weight excluding hydrogens is 408 g/mol. The van der Waals surface area contributed by atoms with E-state index in [1.807, 2.05) is 42.0 Å². The minimum atomic E-state index is -3.64. The first-order valence-electron chi connectivity index (χ1n) is 9.41. The standard InChI is InChI=1S/C20H22N4O3S2/c1-15(16-6-8-17(9-7-16)23-12-10-21-14-23)22-20(25)18-4-2-11-24(18)29(26,27)19-5-3-13-28-19/h3,5-10,12-15,18H,2,4,11H2,1H3,(H,22,25). The number of rotatable bonds is 6. The van der Waals surface area contributed by atoms with Gasteiger partial charge in [-0.3, -0.25) is 4.79 Å². The van der Waals surface area contributed by atoms with Crippen LogP contribution in [0.5, 0.6) is 0 Å². The van der Waals surface area contributed by atoms with E-state index in [4.69, 9.17) is 0 Å². The highest BCUT2D eigenvalue weighted by atomic mass is 32.2. The SMILES string of the molecule is CC(NC(=O)C1CCCN1S(=O)(=O)c1cccs1)c1ccc(-n2ccnc2)cc1. The summed E-state index contributed by atoms with van der Waals surface area (Å²) < 4.78 is 29.2. The van der Waals surface area contributed by atoms with Crippen LogP contribution in [-0.2, 0) is 14.8 Å². The molecule has 1 amide bonds. The lowest BCUT2D eigenvalue weighted by atomic mass is 10.1. The molecule has 0 aliphatic carbocycles. The summed E-state index contributed by atoms with van der Waals surface area (Å²) in [7, 11) is -3.64. The molecular formula is C20H22N4O3S2. The van der Waals surface area contributed by atoms with Crippen LogP contribution < -0.4 is 5.32 Å². The van der Waals surface area contributed by atoms with Crippen LogP contribution in [0, 0.1) is 0 Å². The van der Waals surface area contributed by atoms with E-state index in [-0.39, 0.29) is 16.2 Å². The highest BCUT2D eigenvalue weighted by Gasteiger charge is 2.40. The lowest BCUT2D eigenvalue weighted by Crippen LogP contribution is -2.46. The van der Waals surface area contributed by atoms with E-state index in [9.17, 15) is 13.2 Å². The third-order valence-corrected chi connectivity index (χ3v) is 8.40. The number of aromatic nitrogens is 2. The molecule has 1 fully saturated rings. The molecule has 29 heavy (non-hydrogen) atoms. The number of imidazole rings is 1. The van der Waals surface area contributed by atoms with Gasteiger partial charge in [-0.25, -0.2) is 13.4 Å². The van der Waals surface area contributed by atoms with Crippen LogP contribution >= 0.6 is 11.3 Å². The molecule has 7 nitrogen and oxygen atoms in total. The average molecular weight is 431 g/mol. The fourth-order valence-electron chi connectivity index (χ4n) is 3.56. The molecule has 1 aliphatic rings. The maximum atomic E-state index is 12.9. The molecule has 4 rings (SSSR count). The Hall–Kier alpha value is -2.49. The molecule has 0 saturated carbocycles. The second-order valence-corrected chi connectivity index (χ2v) is 10.1.